The summed E-state index contributed by atoms with van der Waals surface area (Å²) in [4.78, 5) is 14.2. The number of carbonyl (C=O) groups is 1. The quantitative estimate of drug-likeness (QED) is 0.817. The van der Waals surface area contributed by atoms with Crippen LogP contribution in [-0.2, 0) is 11.3 Å². The van der Waals surface area contributed by atoms with Crippen LogP contribution in [-0.4, -0.2) is 23.9 Å². The van der Waals surface area contributed by atoms with Gasteiger partial charge in [-0.2, -0.15) is 0 Å². The monoisotopic (exact) mass is 334 g/mol. The molecule has 2 aromatic carbocycles. The Morgan fingerprint density at radius 3 is 2.65 bits per heavy atom. The van der Waals surface area contributed by atoms with Gasteiger partial charge < -0.3 is 5.32 Å². The predicted octanol–water partition coefficient (Wildman–Crippen LogP) is 4.33. The summed E-state index contributed by atoms with van der Waals surface area (Å²) in [6.45, 7) is 3.74. The van der Waals surface area contributed by atoms with Gasteiger partial charge in [0.05, 0.1) is 12.2 Å². The third-order valence-electron chi connectivity index (χ3n) is 3.36. The number of anilines is 1. The van der Waals surface area contributed by atoms with Gasteiger partial charge in [-0.1, -0.05) is 48.9 Å². The molecule has 2 aromatic rings. The van der Waals surface area contributed by atoms with Gasteiger partial charge in [0.25, 0.3) is 0 Å². The SMILES string of the molecule is CCCN(CC(=O)Nc1cc(Cl)ccc1F)Cc1ccccc1. The van der Waals surface area contributed by atoms with Gasteiger partial charge in [-0.15, -0.1) is 0 Å². The van der Waals surface area contributed by atoms with Gasteiger partial charge >= 0.3 is 0 Å². The Labute approximate surface area is 141 Å². The molecule has 0 heterocycles. The molecule has 0 spiro atoms. The van der Waals surface area contributed by atoms with Crippen molar-refractivity contribution in [2.24, 2.45) is 0 Å². The highest BCUT2D eigenvalue weighted by Gasteiger charge is 2.13. The smallest absolute Gasteiger partial charge is 0.238 e. The highest BCUT2D eigenvalue weighted by atomic mass is 35.5. The normalized spacial score (nSPS) is 10.8. The first-order valence-electron chi connectivity index (χ1n) is 7.59. The van der Waals surface area contributed by atoms with Crippen molar-refractivity contribution in [2.45, 2.75) is 19.9 Å². The lowest BCUT2D eigenvalue weighted by atomic mass is 10.2. The van der Waals surface area contributed by atoms with Gasteiger partial charge in [-0.3, -0.25) is 9.69 Å². The maximum absolute atomic E-state index is 13.7. The molecular weight excluding hydrogens is 315 g/mol. The van der Waals surface area contributed by atoms with Gasteiger partial charge in [0.2, 0.25) is 5.91 Å². The Balaban J connectivity index is 1.98. The molecule has 1 N–H and O–H groups in total. The van der Waals surface area contributed by atoms with Gasteiger partial charge in [0, 0.05) is 11.6 Å². The van der Waals surface area contributed by atoms with E-state index in [1.807, 2.05) is 35.2 Å². The fourth-order valence-corrected chi connectivity index (χ4v) is 2.53. The minimum Gasteiger partial charge on any atom is -0.322 e. The van der Waals surface area contributed by atoms with E-state index in [2.05, 4.69) is 12.2 Å². The number of nitrogens with one attached hydrogen (secondary N) is 1. The summed E-state index contributed by atoms with van der Waals surface area (Å²) in [5.41, 5.74) is 1.25. The second kappa shape index (κ2) is 8.65. The van der Waals surface area contributed by atoms with E-state index in [4.69, 9.17) is 11.6 Å². The van der Waals surface area contributed by atoms with Gasteiger partial charge in [-0.25, -0.2) is 4.39 Å². The molecule has 0 unspecified atom stereocenters. The second-order valence-corrected chi connectivity index (χ2v) is 5.81. The average Bonchev–Trinajstić information content (AvgIpc) is 2.52. The number of benzene rings is 2. The molecule has 0 aliphatic heterocycles. The van der Waals surface area contributed by atoms with E-state index >= 15 is 0 Å². The molecule has 0 atom stereocenters. The molecule has 2 rings (SSSR count). The van der Waals surface area contributed by atoms with Crippen molar-refractivity contribution < 1.29 is 9.18 Å². The van der Waals surface area contributed by atoms with Crippen molar-refractivity contribution >= 4 is 23.2 Å². The summed E-state index contributed by atoms with van der Waals surface area (Å²) >= 11 is 5.83. The Morgan fingerprint density at radius 1 is 1.22 bits per heavy atom. The molecule has 0 saturated heterocycles. The third-order valence-corrected chi connectivity index (χ3v) is 3.59. The first-order valence-corrected chi connectivity index (χ1v) is 7.97. The van der Waals surface area contributed by atoms with Crippen LogP contribution in [0.1, 0.15) is 18.9 Å². The fourth-order valence-electron chi connectivity index (χ4n) is 2.36. The van der Waals surface area contributed by atoms with Crippen molar-refractivity contribution in [1.82, 2.24) is 4.90 Å². The van der Waals surface area contributed by atoms with E-state index in [0.717, 1.165) is 18.5 Å². The van der Waals surface area contributed by atoms with Crippen LogP contribution < -0.4 is 5.32 Å². The second-order valence-electron chi connectivity index (χ2n) is 5.37. The summed E-state index contributed by atoms with van der Waals surface area (Å²) in [5, 5.41) is 2.97. The number of halogens is 2. The van der Waals surface area contributed by atoms with Crippen LogP contribution >= 0.6 is 11.6 Å². The molecule has 122 valence electrons. The van der Waals surface area contributed by atoms with Crippen LogP contribution in [0.3, 0.4) is 0 Å². The number of nitrogens with zero attached hydrogens (tertiary/aromatic N) is 1. The summed E-state index contributed by atoms with van der Waals surface area (Å²) in [7, 11) is 0. The van der Waals surface area contributed by atoms with Crippen LogP contribution in [0.2, 0.25) is 5.02 Å². The van der Waals surface area contributed by atoms with E-state index in [1.54, 1.807) is 0 Å². The molecule has 0 saturated carbocycles. The van der Waals surface area contributed by atoms with Crippen LogP contribution in [0.4, 0.5) is 10.1 Å². The number of amides is 1. The molecule has 0 aliphatic carbocycles. The highest BCUT2D eigenvalue weighted by molar-refractivity contribution is 6.30. The first-order chi connectivity index (χ1) is 11.1. The van der Waals surface area contributed by atoms with Gasteiger partial charge in [0.15, 0.2) is 0 Å². The molecule has 0 fully saturated rings. The van der Waals surface area contributed by atoms with Gasteiger partial charge in [0.1, 0.15) is 5.82 Å². The van der Waals surface area contributed by atoms with Crippen LogP contribution in [0.5, 0.6) is 0 Å². The summed E-state index contributed by atoms with van der Waals surface area (Å²) in [6.07, 6.45) is 0.936. The molecule has 0 bridgehead atoms. The molecule has 1 amide bonds. The Kier molecular flexibility index (Phi) is 6.56. The predicted molar refractivity (Wildman–Crippen MR) is 92.0 cm³/mol. The van der Waals surface area contributed by atoms with Gasteiger partial charge in [-0.05, 0) is 36.7 Å². The minimum atomic E-state index is -0.493. The van der Waals surface area contributed by atoms with Crippen LogP contribution in [0.25, 0.3) is 0 Å². The standard InChI is InChI=1S/C18H20ClFN2O/c1-2-10-22(12-14-6-4-3-5-7-14)13-18(23)21-17-11-15(19)8-9-16(17)20/h3-9,11H,2,10,12-13H2,1H3,(H,21,23). The Hall–Kier alpha value is -1.91. The van der Waals surface area contributed by atoms with E-state index in [0.29, 0.717) is 11.6 Å². The number of rotatable bonds is 7. The number of carbonyl (C=O) groups excluding carboxylic acids is 1. The lowest BCUT2D eigenvalue weighted by Crippen LogP contribution is -2.33. The topological polar surface area (TPSA) is 32.3 Å². The van der Waals surface area contributed by atoms with E-state index in [9.17, 15) is 9.18 Å². The lowest BCUT2D eigenvalue weighted by Gasteiger charge is -2.21. The van der Waals surface area contributed by atoms with Crippen molar-refractivity contribution in [3.05, 3.63) is 64.9 Å². The minimum absolute atomic E-state index is 0.110. The van der Waals surface area contributed by atoms with Crippen LogP contribution in [0, 0.1) is 5.82 Å². The summed E-state index contributed by atoms with van der Waals surface area (Å²) in [6, 6.07) is 14.1. The summed E-state index contributed by atoms with van der Waals surface area (Å²) in [5.74, 6) is -0.747. The Morgan fingerprint density at radius 2 is 1.96 bits per heavy atom. The maximum atomic E-state index is 13.7. The largest absolute Gasteiger partial charge is 0.322 e. The fraction of sp³-hybridized carbons (Fsp3) is 0.278. The van der Waals surface area contributed by atoms with E-state index in [-0.39, 0.29) is 18.1 Å². The Bertz CT molecular complexity index is 649. The van der Waals surface area contributed by atoms with E-state index in [1.165, 1.54) is 18.2 Å². The van der Waals surface area contributed by atoms with E-state index < -0.39 is 5.82 Å². The lowest BCUT2D eigenvalue weighted by molar-refractivity contribution is -0.117. The molecule has 3 nitrogen and oxygen atoms in total. The number of hydrogen-bond donors (Lipinski definition) is 1. The molecule has 0 radical (unpaired) electrons. The zero-order valence-corrected chi connectivity index (χ0v) is 13.8. The average molecular weight is 335 g/mol. The molecule has 5 heteroatoms. The van der Waals surface area contributed by atoms with Crippen molar-refractivity contribution in [3.63, 3.8) is 0 Å². The zero-order valence-electron chi connectivity index (χ0n) is 13.1. The maximum Gasteiger partial charge on any atom is 0.238 e. The first kappa shape index (κ1) is 17.4. The van der Waals surface area contributed by atoms with Crippen molar-refractivity contribution in [1.29, 1.82) is 0 Å². The van der Waals surface area contributed by atoms with Crippen molar-refractivity contribution in [3.8, 4) is 0 Å². The molecule has 0 aliphatic rings. The number of hydrogen-bond acceptors (Lipinski definition) is 2. The highest BCUT2D eigenvalue weighted by Crippen LogP contribution is 2.19. The molecule has 23 heavy (non-hydrogen) atoms. The third kappa shape index (κ3) is 5.66. The van der Waals surface area contributed by atoms with Crippen molar-refractivity contribution in [2.75, 3.05) is 18.4 Å². The molecular formula is C18H20ClFN2O. The summed E-state index contributed by atoms with van der Waals surface area (Å²) < 4.78 is 13.7. The van der Waals surface area contributed by atoms with Crippen LogP contribution in [0.15, 0.2) is 48.5 Å². The molecule has 0 aromatic heterocycles. The zero-order chi connectivity index (χ0) is 16.7.